The third-order valence-corrected chi connectivity index (χ3v) is 5.44. The fourth-order valence-corrected chi connectivity index (χ4v) is 3.82. The van der Waals surface area contributed by atoms with Gasteiger partial charge in [0.2, 0.25) is 10.0 Å². The second kappa shape index (κ2) is 6.85. The lowest BCUT2D eigenvalue weighted by Crippen LogP contribution is -2.45. The molecule has 6 nitrogen and oxygen atoms in total. The molecule has 1 aliphatic heterocycles. The van der Waals surface area contributed by atoms with Gasteiger partial charge in [-0.2, -0.15) is 0 Å². The first-order chi connectivity index (χ1) is 10.4. The molecule has 22 heavy (non-hydrogen) atoms. The van der Waals surface area contributed by atoms with E-state index in [1.54, 1.807) is 6.07 Å². The molecule has 1 fully saturated rings. The summed E-state index contributed by atoms with van der Waals surface area (Å²) >= 11 is 0. The molecule has 0 aliphatic carbocycles. The maximum atomic E-state index is 12.5. The Labute approximate surface area is 132 Å². The molecule has 0 spiro atoms. The Balaban J connectivity index is 2.13. The van der Waals surface area contributed by atoms with Gasteiger partial charge in [-0.3, -0.25) is 0 Å². The van der Waals surface area contributed by atoms with E-state index in [4.69, 9.17) is 9.47 Å². The van der Waals surface area contributed by atoms with Gasteiger partial charge in [-0.25, -0.2) is 13.1 Å². The average molecular weight is 328 g/mol. The number of hydrogen-bond donors (Lipinski definition) is 2. The molecule has 2 N–H and O–H groups in total. The summed E-state index contributed by atoms with van der Waals surface area (Å²) in [6, 6.07) is 4.59. The molecular weight excluding hydrogens is 304 g/mol. The van der Waals surface area contributed by atoms with Gasteiger partial charge in [0.05, 0.1) is 19.1 Å². The molecule has 0 saturated carbocycles. The molecule has 0 amide bonds. The van der Waals surface area contributed by atoms with Gasteiger partial charge in [0.1, 0.15) is 0 Å². The van der Waals surface area contributed by atoms with Crippen molar-refractivity contribution in [1.82, 2.24) is 10.0 Å². The molecule has 1 unspecified atom stereocenters. The highest BCUT2D eigenvalue weighted by Gasteiger charge is 2.29. The van der Waals surface area contributed by atoms with Gasteiger partial charge >= 0.3 is 0 Å². The summed E-state index contributed by atoms with van der Waals surface area (Å²) in [7, 11) is -0.571. The van der Waals surface area contributed by atoms with Crippen molar-refractivity contribution in [3.63, 3.8) is 0 Å². The summed E-state index contributed by atoms with van der Waals surface area (Å²) < 4.78 is 37.9. The predicted molar refractivity (Wildman–Crippen MR) is 84.9 cm³/mol. The first-order valence-corrected chi connectivity index (χ1v) is 8.81. The Bertz CT molecular complexity index is 610. The molecule has 7 heteroatoms. The molecule has 1 aliphatic rings. The molecule has 1 aromatic carbocycles. The van der Waals surface area contributed by atoms with Crippen molar-refractivity contribution in [1.29, 1.82) is 0 Å². The van der Waals surface area contributed by atoms with Gasteiger partial charge in [0.15, 0.2) is 11.5 Å². The van der Waals surface area contributed by atoms with E-state index in [1.165, 1.54) is 26.4 Å². The van der Waals surface area contributed by atoms with Crippen LogP contribution < -0.4 is 19.5 Å². The molecule has 1 atom stereocenters. The Kier molecular flexibility index (Phi) is 5.31. The summed E-state index contributed by atoms with van der Waals surface area (Å²) in [6.07, 6.45) is 2.07. The number of ether oxygens (including phenoxy) is 2. The number of hydrogen-bond acceptors (Lipinski definition) is 5. The van der Waals surface area contributed by atoms with Crippen LogP contribution in [0.4, 0.5) is 0 Å². The number of benzene rings is 1. The van der Waals surface area contributed by atoms with Crippen LogP contribution in [-0.4, -0.2) is 42.3 Å². The van der Waals surface area contributed by atoms with Crippen LogP contribution in [0.25, 0.3) is 0 Å². The van der Waals surface area contributed by atoms with Gasteiger partial charge in [-0.15, -0.1) is 0 Å². The quantitative estimate of drug-likeness (QED) is 0.825. The van der Waals surface area contributed by atoms with Crippen molar-refractivity contribution in [2.45, 2.75) is 24.7 Å². The molecule has 0 aromatic heterocycles. The van der Waals surface area contributed by atoms with Crippen molar-refractivity contribution < 1.29 is 17.9 Å². The molecule has 1 heterocycles. The summed E-state index contributed by atoms with van der Waals surface area (Å²) in [5.74, 6) is 0.904. The highest BCUT2D eigenvalue weighted by Crippen LogP contribution is 2.30. The standard InChI is InChI=1S/C15H24N2O4S/c1-15(7-4-8-16-10-15)11-17-22(18,19)12-5-6-13(20-2)14(9-12)21-3/h5-6,9,16-17H,4,7-8,10-11H2,1-3H3. The first-order valence-electron chi connectivity index (χ1n) is 7.33. The number of methoxy groups -OCH3 is 2. The van der Waals surface area contributed by atoms with Crippen molar-refractivity contribution in [2.75, 3.05) is 33.9 Å². The molecule has 0 bridgehead atoms. The highest BCUT2D eigenvalue weighted by atomic mass is 32.2. The van der Waals surface area contributed by atoms with Crippen LogP contribution in [-0.2, 0) is 10.0 Å². The van der Waals surface area contributed by atoms with Gasteiger partial charge in [0, 0.05) is 19.2 Å². The summed E-state index contributed by atoms with van der Waals surface area (Å²) in [6.45, 7) is 4.33. The minimum Gasteiger partial charge on any atom is -0.493 e. The van der Waals surface area contributed by atoms with Crippen LogP contribution in [0.3, 0.4) is 0 Å². The van der Waals surface area contributed by atoms with Gasteiger partial charge in [-0.05, 0) is 36.9 Å². The highest BCUT2D eigenvalue weighted by molar-refractivity contribution is 7.89. The molecule has 1 saturated heterocycles. The molecule has 1 aromatic rings. The largest absolute Gasteiger partial charge is 0.493 e. The van der Waals surface area contributed by atoms with E-state index in [1.807, 2.05) is 0 Å². The molecule has 0 radical (unpaired) electrons. The maximum Gasteiger partial charge on any atom is 0.240 e. The topological polar surface area (TPSA) is 76.7 Å². The maximum absolute atomic E-state index is 12.5. The van der Waals surface area contributed by atoms with E-state index in [2.05, 4.69) is 17.0 Å². The average Bonchev–Trinajstić information content (AvgIpc) is 2.53. The zero-order valence-corrected chi connectivity index (χ0v) is 14.1. The van der Waals surface area contributed by atoms with Crippen molar-refractivity contribution in [3.05, 3.63) is 18.2 Å². The van der Waals surface area contributed by atoms with Gasteiger partial charge < -0.3 is 14.8 Å². The Morgan fingerprint density at radius 3 is 2.59 bits per heavy atom. The lowest BCUT2D eigenvalue weighted by molar-refractivity contribution is 0.238. The van der Waals surface area contributed by atoms with Crippen LogP contribution in [0, 0.1) is 5.41 Å². The third kappa shape index (κ3) is 3.91. The van der Waals surface area contributed by atoms with Crippen molar-refractivity contribution in [3.8, 4) is 11.5 Å². The van der Waals surface area contributed by atoms with E-state index in [0.29, 0.717) is 18.0 Å². The van der Waals surface area contributed by atoms with E-state index < -0.39 is 10.0 Å². The fourth-order valence-electron chi connectivity index (χ4n) is 2.61. The minimum atomic E-state index is -3.57. The van der Waals surface area contributed by atoms with E-state index >= 15 is 0 Å². The second-order valence-electron chi connectivity index (χ2n) is 5.93. The van der Waals surface area contributed by atoms with E-state index in [9.17, 15) is 8.42 Å². The second-order valence-corrected chi connectivity index (χ2v) is 7.70. The lowest BCUT2D eigenvalue weighted by atomic mass is 9.83. The fraction of sp³-hybridized carbons (Fsp3) is 0.600. The number of rotatable bonds is 6. The zero-order chi connectivity index (χ0) is 16.2. The van der Waals surface area contributed by atoms with Crippen LogP contribution in [0.2, 0.25) is 0 Å². The van der Waals surface area contributed by atoms with Crippen molar-refractivity contribution >= 4 is 10.0 Å². The van der Waals surface area contributed by atoms with E-state index in [0.717, 1.165) is 25.9 Å². The van der Waals surface area contributed by atoms with Crippen LogP contribution in [0.5, 0.6) is 11.5 Å². The molecule has 124 valence electrons. The SMILES string of the molecule is COc1ccc(S(=O)(=O)NCC2(C)CCCNC2)cc1OC. The summed E-state index contributed by atoms with van der Waals surface area (Å²) in [4.78, 5) is 0.178. The zero-order valence-electron chi connectivity index (χ0n) is 13.3. The van der Waals surface area contributed by atoms with Crippen LogP contribution in [0.1, 0.15) is 19.8 Å². The monoisotopic (exact) mass is 328 g/mol. The molecule has 2 rings (SSSR count). The lowest BCUT2D eigenvalue weighted by Gasteiger charge is -2.34. The number of nitrogens with one attached hydrogen (secondary N) is 2. The van der Waals surface area contributed by atoms with E-state index in [-0.39, 0.29) is 10.3 Å². The predicted octanol–water partition coefficient (Wildman–Crippen LogP) is 1.37. The Morgan fingerprint density at radius 1 is 1.27 bits per heavy atom. The minimum absolute atomic E-state index is 0.0537. The van der Waals surface area contributed by atoms with Gasteiger partial charge in [0.25, 0.3) is 0 Å². The van der Waals surface area contributed by atoms with Crippen molar-refractivity contribution in [2.24, 2.45) is 5.41 Å². The Morgan fingerprint density at radius 2 is 2.00 bits per heavy atom. The summed E-state index contributed by atoms with van der Waals surface area (Å²) in [5, 5.41) is 3.31. The molecular formula is C15H24N2O4S. The third-order valence-electron chi connectivity index (χ3n) is 4.04. The summed E-state index contributed by atoms with van der Waals surface area (Å²) in [5.41, 5.74) is -0.0537. The smallest absolute Gasteiger partial charge is 0.240 e. The normalized spacial score (nSPS) is 22.3. The number of piperidine rings is 1. The Hall–Kier alpha value is -1.31. The van der Waals surface area contributed by atoms with Crippen LogP contribution in [0.15, 0.2) is 23.1 Å². The van der Waals surface area contributed by atoms with Crippen LogP contribution >= 0.6 is 0 Å². The number of sulfonamides is 1. The van der Waals surface area contributed by atoms with Gasteiger partial charge in [-0.1, -0.05) is 6.92 Å². The first kappa shape index (κ1) is 17.1.